The Morgan fingerprint density at radius 3 is 3.07 bits per heavy atom. The van der Waals surface area contributed by atoms with Crippen LogP contribution < -0.4 is 10.4 Å². The normalized spacial score (nSPS) is 16.0. The van der Waals surface area contributed by atoms with E-state index in [0.29, 0.717) is 5.56 Å². The van der Waals surface area contributed by atoms with E-state index in [9.17, 15) is 4.79 Å². The smallest absolute Gasteiger partial charge is 0.150 e. The number of nitrogens with zero attached hydrogens (tertiary/aromatic N) is 2. The van der Waals surface area contributed by atoms with Crippen molar-refractivity contribution in [2.24, 2.45) is 10.2 Å². The van der Waals surface area contributed by atoms with Crippen molar-refractivity contribution in [2.45, 2.75) is 0 Å². The molecule has 0 fully saturated rings. The summed E-state index contributed by atoms with van der Waals surface area (Å²) < 4.78 is 0. The maximum atomic E-state index is 10.6. The molecule has 1 aromatic carbocycles. The predicted molar refractivity (Wildman–Crippen MR) is 51.9 cm³/mol. The van der Waals surface area contributed by atoms with Gasteiger partial charge in [0.05, 0.1) is 6.20 Å². The molecule has 3 rings (SSSR count). The van der Waals surface area contributed by atoms with E-state index in [1.54, 1.807) is 12.3 Å². The lowest BCUT2D eigenvalue weighted by molar-refractivity contribution is 0.112. The third-order valence-corrected chi connectivity index (χ3v) is 2.41. The average Bonchev–Trinajstić information content (AvgIpc) is 2.75. The van der Waals surface area contributed by atoms with Gasteiger partial charge in [0.2, 0.25) is 0 Å². The second-order valence-electron chi connectivity index (χ2n) is 3.26. The van der Waals surface area contributed by atoms with E-state index in [0.717, 1.165) is 28.0 Å². The zero-order chi connectivity index (χ0) is 9.54. The number of aldehydes is 1. The molecule has 0 radical (unpaired) electrons. The first-order valence-electron chi connectivity index (χ1n) is 4.31. The molecule has 66 valence electrons. The number of rotatable bonds is 1. The van der Waals surface area contributed by atoms with Crippen molar-refractivity contribution in [3.8, 4) is 0 Å². The zero-order valence-electron chi connectivity index (χ0n) is 7.27. The summed E-state index contributed by atoms with van der Waals surface area (Å²) in [5.74, 6) is 0. The molecule has 0 unspecified atom stereocenters. The third kappa shape index (κ3) is 0.836. The molecular formula is C11H6N2O. The van der Waals surface area contributed by atoms with Crippen LogP contribution in [0.3, 0.4) is 0 Å². The Balaban J connectivity index is 2.44. The van der Waals surface area contributed by atoms with Gasteiger partial charge in [0, 0.05) is 16.4 Å². The molecule has 0 bridgehead atoms. The monoisotopic (exact) mass is 182 g/mol. The van der Waals surface area contributed by atoms with Gasteiger partial charge in [0.15, 0.2) is 0 Å². The van der Waals surface area contributed by atoms with Crippen molar-refractivity contribution in [1.82, 2.24) is 0 Å². The summed E-state index contributed by atoms with van der Waals surface area (Å²) in [6.07, 6.45) is 4.58. The molecule has 0 spiro atoms. The first-order chi connectivity index (χ1) is 6.88. The van der Waals surface area contributed by atoms with Gasteiger partial charge in [-0.15, -0.1) is 5.11 Å². The van der Waals surface area contributed by atoms with Crippen molar-refractivity contribution in [1.29, 1.82) is 0 Å². The van der Waals surface area contributed by atoms with Crippen LogP contribution in [0.5, 0.6) is 0 Å². The molecule has 3 heteroatoms. The number of hydrogen-bond donors (Lipinski definition) is 0. The van der Waals surface area contributed by atoms with E-state index in [4.69, 9.17) is 0 Å². The number of hydrogen-bond acceptors (Lipinski definition) is 3. The molecule has 2 aliphatic rings. The fourth-order valence-corrected chi connectivity index (χ4v) is 1.74. The van der Waals surface area contributed by atoms with E-state index >= 15 is 0 Å². The van der Waals surface area contributed by atoms with Gasteiger partial charge in [0.25, 0.3) is 0 Å². The summed E-state index contributed by atoms with van der Waals surface area (Å²) >= 11 is 0. The molecule has 1 heterocycles. The van der Waals surface area contributed by atoms with Crippen LogP contribution in [0.25, 0.3) is 11.8 Å². The Kier molecular flexibility index (Phi) is 1.31. The number of benzene rings is 1. The topological polar surface area (TPSA) is 41.8 Å². The maximum Gasteiger partial charge on any atom is 0.150 e. The minimum atomic E-state index is 0.693. The Labute approximate surface area is 79.8 Å². The van der Waals surface area contributed by atoms with E-state index in [2.05, 4.69) is 10.2 Å². The SMILES string of the molecule is O=Cc1ccc2c(c1)=CC1=CN=NC=21. The van der Waals surface area contributed by atoms with Crippen LogP contribution >= 0.6 is 0 Å². The Morgan fingerprint density at radius 2 is 2.21 bits per heavy atom. The molecule has 1 aromatic rings. The molecule has 1 aliphatic carbocycles. The highest BCUT2D eigenvalue weighted by atomic mass is 16.1. The van der Waals surface area contributed by atoms with Crippen molar-refractivity contribution >= 4 is 18.1 Å². The lowest BCUT2D eigenvalue weighted by Gasteiger charge is -1.89. The van der Waals surface area contributed by atoms with Crippen molar-refractivity contribution in [3.05, 3.63) is 46.0 Å². The van der Waals surface area contributed by atoms with Gasteiger partial charge < -0.3 is 0 Å². The minimum absolute atomic E-state index is 0.693. The standard InChI is InChI=1S/C11H6N2O/c14-6-7-1-2-10-8(3-7)4-9-5-12-13-11(9)10/h1-6H. The number of azo groups is 1. The van der Waals surface area contributed by atoms with Crippen LogP contribution in [0, 0.1) is 0 Å². The summed E-state index contributed by atoms with van der Waals surface area (Å²) in [6, 6.07) is 5.57. The van der Waals surface area contributed by atoms with Crippen molar-refractivity contribution < 1.29 is 4.79 Å². The van der Waals surface area contributed by atoms with Crippen LogP contribution in [0.4, 0.5) is 0 Å². The van der Waals surface area contributed by atoms with E-state index in [1.807, 2.05) is 18.2 Å². The maximum absolute atomic E-state index is 10.6. The molecule has 0 N–H and O–H groups in total. The molecular weight excluding hydrogens is 176 g/mol. The highest BCUT2D eigenvalue weighted by molar-refractivity contribution is 5.83. The first kappa shape index (κ1) is 7.38. The first-order valence-corrected chi connectivity index (χ1v) is 4.31. The third-order valence-electron chi connectivity index (χ3n) is 2.41. The number of carbonyl (C=O) groups is 1. The number of fused-ring (bicyclic) bond motifs is 2. The molecule has 0 saturated carbocycles. The Bertz CT molecular complexity index is 609. The predicted octanol–water partition coefficient (Wildman–Crippen LogP) is 0.751. The van der Waals surface area contributed by atoms with Crippen LogP contribution in [-0.4, -0.2) is 6.29 Å². The lowest BCUT2D eigenvalue weighted by Crippen LogP contribution is -2.22. The summed E-state index contributed by atoms with van der Waals surface area (Å²) in [7, 11) is 0. The quantitative estimate of drug-likeness (QED) is 0.591. The fraction of sp³-hybridized carbons (Fsp3) is 0. The Morgan fingerprint density at radius 1 is 1.29 bits per heavy atom. The molecule has 1 aliphatic heterocycles. The van der Waals surface area contributed by atoms with E-state index in [-0.39, 0.29) is 0 Å². The van der Waals surface area contributed by atoms with Gasteiger partial charge >= 0.3 is 0 Å². The minimum Gasteiger partial charge on any atom is -0.298 e. The van der Waals surface area contributed by atoms with Crippen LogP contribution in [-0.2, 0) is 0 Å². The summed E-state index contributed by atoms with van der Waals surface area (Å²) in [5.41, 5.74) is 2.64. The molecule has 3 nitrogen and oxygen atoms in total. The highest BCUT2D eigenvalue weighted by Gasteiger charge is 2.13. The van der Waals surface area contributed by atoms with Crippen molar-refractivity contribution in [3.63, 3.8) is 0 Å². The van der Waals surface area contributed by atoms with Gasteiger partial charge in [0.1, 0.15) is 12.0 Å². The van der Waals surface area contributed by atoms with Crippen molar-refractivity contribution in [2.75, 3.05) is 0 Å². The van der Waals surface area contributed by atoms with Gasteiger partial charge in [-0.3, -0.25) is 4.79 Å². The zero-order valence-corrected chi connectivity index (χ0v) is 7.27. The summed E-state index contributed by atoms with van der Waals surface area (Å²) in [5, 5.41) is 9.97. The van der Waals surface area contributed by atoms with Gasteiger partial charge in [-0.25, -0.2) is 0 Å². The highest BCUT2D eigenvalue weighted by Crippen LogP contribution is 2.21. The second kappa shape index (κ2) is 2.48. The Hall–Kier alpha value is -2.03. The van der Waals surface area contributed by atoms with E-state index < -0.39 is 0 Å². The summed E-state index contributed by atoms with van der Waals surface area (Å²) in [6.45, 7) is 0. The van der Waals surface area contributed by atoms with Crippen LogP contribution in [0.15, 0.2) is 40.2 Å². The lowest BCUT2D eigenvalue weighted by atomic mass is 10.2. The molecule has 0 saturated heterocycles. The van der Waals surface area contributed by atoms with Gasteiger partial charge in [-0.05, 0) is 17.4 Å². The van der Waals surface area contributed by atoms with E-state index in [1.165, 1.54) is 0 Å². The summed E-state index contributed by atoms with van der Waals surface area (Å²) in [4.78, 5) is 10.6. The fourth-order valence-electron chi connectivity index (χ4n) is 1.74. The second-order valence-corrected chi connectivity index (χ2v) is 3.26. The molecule has 0 amide bonds. The number of carbonyl (C=O) groups excluding carboxylic acids is 1. The molecule has 14 heavy (non-hydrogen) atoms. The van der Waals surface area contributed by atoms with Crippen LogP contribution in [0.2, 0.25) is 0 Å². The van der Waals surface area contributed by atoms with Gasteiger partial charge in [-0.1, -0.05) is 12.1 Å². The molecule has 0 atom stereocenters. The van der Waals surface area contributed by atoms with Crippen LogP contribution in [0.1, 0.15) is 10.4 Å². The molecule has 0 aromatic heterocycles. The average molecular weight is 182 g/mol. The van der Waals surface area contributed by atoms with Gasteiger partial charge in [-0.2, -0.15) is 5.11 Å². The largest absolute Gasteiger partial charge is 0.298 e.